The van der Waals surface area contributed by atoms with E-state index in [1.54, 1.807) is 0 Å². The van der Waals surface area contributed by atoms with Crippen LogP contribution in [0.15, 0.2) is 17.5 Å². The minimum absolute atomic E-state index is 0.483. The van der Waals surface area contributed by atoms with Crippen molar-refractivity contribution in [1.29, 1.82) is 0 Å². The van der Waals surface area contributed by atoms with Crippen molar-refractivity contribution in [3.8, 4) is 0 Å². The summed E-state index contributed by atoms with van der Waals surface area (Å²) in [5, 5.41) is 9.39. The van der Waals surface area contributed by atoms with E-state index in [-0.39, 0.29) is 0 Å². The number of hydrogen-bond acceptors (Lipinski definition) is 3. The lowest BCUT2D eigenvalue weighted by Crippen LogP contribution is -2.35. The third-order valence-corrected chi connectivity index (χ3v) is 4.36. The van der Waals surface area contributed by atoms with E-state index in [1.807, 2.05) is 11.3 Å². The molecule has 1 aliphatic rings. The zero-order chi connectivity index (χ0) is 11.4. The summed E-state index contributed by atoms with van der Waals surface area (Å²) in [6.45, 7) is 5.76. The number of rotatable bonds is 5. The van der Waals surface area contributed by atoms with Gasteiger partial charge in [0, 0.05) is 23.0 Å². The average Bonchev–Trinajstić information content (AvgIpc) is 2.88. The summed E-state index contributed by atoms with van der Waals surface area (Å²) in [6.07, 6.45) is 3.94. The fourth-order valence-electron chi connectivity index (χ4n) is 2.50. The molecular formula is C13H22N2S. The molecule has 2 N–H and O–H groups in total. The highest BCUT2D eigenvalue weighted by Gasteiger charge is 2.18. The van der Waals surface area contributed by atoms with Gasteiger partial charge in [-0.2, -0.15) is 0 Å². The van der Waals surface area contributed by atoms with Gasteiger partial charge >= 0.3 is 0 Å². The summed E-state index contributed by atoms with van der Waals surface area (Å²) in [7, 11) is 0. The van der Waals surface area contributed by atoms with Crippen molar-refractivity contribution in [3.05, 3.63) is 22.4 Å². The molecule has 0 spiro atoms. The molecule has 0 aromatic carbocycles. The van der Waals surface area contributed by atoms with E-state index in [4.69, 9.17) is 0 Å². The highest BCUT2D eigenvalue weighted by molar-refractivity contribution is 7.10. The Kier molecular flexibility index (Phi) is 4.38. The molecule has 0 amide bonds. The van der Waals surface area contributed by atoms with Gasteiger partial charge in [-0.05, 0) is 51.1 Å². The van der Waals surface area contributed by atoms with Gasteiger partial charge in [0.1, 0.15) is 0 Å². The van der Waals surface area contributed by atoms with E-state index >= 15 is 0 Å². The van der Waals surface area contributed by atoms with Gasteiger partial charge in [-0.1, -0.05) is 6.07 Å². The lowest BCUT2D eigenvalue weighted by atomic mass is 10.1. The Morgan fingerprint density at radius 3 is 3.06 bits per heavy atom. The van der Waals surface area contributed by atoms with Gasteiger partial charge < -0.3 is 10.6 Å². The largest absolute Gasteiger partial charge is 0.314 e. The average molecular weight is 238 g/mol. The summed E-state index contributed by atoms with van der Waals surface area (Å²) in [6, 6.07) is 6.15. The fourth-order valence-corrected chi connectivity index (χ4v) is 3.24. The van der Waals surface area contributed by atoms with Crippen LogP contribution in [0.2, 0.25) is 0 Å². The Morgan fingerprint density at radius 1 is 1.56 bits per heavy atom. The van der Waals surface area contributed by atoms with Crippen molar-refractivity contribution >= 4 is 11.3 Å². The lowest BCUT2D eigenvalue weighted by molar-refractivity contribution is 0.410. The van der Waals surface area contributed by atoms with E-state index < -0.39 is 0 Å². The highest BCUT2D eigenvalue weighted by Crippen LogP contribution is 2.20. The number of thiophene rings is 1. The van der Waals surface area contributed by atoms with Crippen LogP contribution >= 0.6 is 11.3 Å². The van der Waals surface area contributed by atoms with E-state index in [2.05, 4.69) is 42.0 Å². The van der Waals surface area contributed by atoms with Crippen molar-refractivity contribution in [2.75, 3.05) is 6.54 Å². The predicted molar refractivity (Wildman–Crippen MR) is 71.0 cm³/mol. The molecule has 0 aliphatic carbocycles. The maximum absolute atomic E-state index is 3.68. The fraction of sp³-hybridized carbons (Fsp3) is 0.692. The van der Waals surface area contributed by atoms with E-state index in [9.17, 15) is 0 Å². The SMILES string of the molecule is CC(CC1CCCN1)NC(C)c1cccs1. The Hall–Kier alpha value is -0.380. The minimum atomic E-state index is 0.483. The molecule has 1 fully saturated rings. The molecule has 1 aromatic rings. The smallest absolute Gasteiger partial charge is 0.0388 e. The minimum Gasteiger partial charge on any atom is -0.314 e. The summed E-state index contributed by atoms with van der Waals surface area (Å²) >= 11 is 1.84. The standard InChI is InChI=1S/C13H22N2S/c1-10(9-12-5-3-7-14-12)15-11(2)13-6-4-8-16-13/h4,6,8,10-12,14-15H,3,5,7,9H2,1-2H3. The van der Waals surface area contributed by atoms with Gasteiger partial charge in [0.25, 0.3) is 0 Å². The van der Waals surface area contributed by atoms with Gasteiger partial charge in [-0.3, -0.25) is 0 Å². The first kappa shape index (κ1) is 12.1. The Bertz CT molecular complexity index is 291. The van der Waals surface area contributed by atoms with Gasteiger partial charge in [-0.15, -0.1) is 11.3 Å². The first-order valence-electron chi connectivity index (χ1n) is 6.28. The molecule has 3 unspecified atom stereocenters. The molecule has 90 valence electrons. The zero-order valence-corrected chi connectivity index (χ0v) is 11.0. The molecule has 16 heavy (non-hydrogen) atoms. The van der Waals surface area contributed by atoms with E-state index in [1.165, 1.54) is 30.7 Å². The second kappa shape index (κ2) is 5.80. The van der Waals surface area contributed by atoms with Crippen LogP contribution in [0.1, 0.15) is 44.0 Å². The lowest BCUT2D eigenvalue weighted by Gasteiger charge is -2.22. The van der Waals surface area contributed by atoms with Crippen LogP contribution < -0.4 is 10.6 Å². The number of hydrogen-bond donors (Lipinski definition) is 2. The molecule has 0 bridgehead atoms. The first-order chi connectivity index (χ1) is 7.75. The summed E-state index contributed by atoms with van der Waals surface area (Å²) < 4.78 is 0. The molecular weight excluding hydrogens is 216 g/mol. The topological polar surface area (TPSA) is 24.1 Å². The summed E-state index contributed by atoms with van der Waals surface area (Å²) in [5.74, 6) is 0. The maximum Gasteiger partial charge on any atom is 0.0388 e. The van der Waals surface area contributed by atoms with Crippen molar-refractivity contribution < 1.29 is 0 Å². The van der Waals surface area contributed by atoms with Crippen molar-refractivity contribution in [3.63, 3.8) is 0 Å². The van der Waals surface area contributed by atoms with Gasteiger partial charge in [0.05, 0.1) is 0 Å². The van der Waals surface area contributed by atoms with Gasteiger partial charge in [0.2, 0.25) is 0 Å². The van der Waals surface area contributed by atoms with Crippen molar-refractivity contribution in [2.45, 2.75) is 51.2 Å². The summed E-state index contributed by atoms with van der Waals surface area (Å²) in [4.78, 5) is 1.44. The molecule has 1 aromatic heterocycles. The van der Waals surface area contributed by atoms with Crippen LogP contribution in [-0.4, -0.2) is 18.6 Å². The molecule has 0 saturated carbocycles. The molecule has 0 radical (unpaired) electrons. The normalized spacial score (nSPS) is 24.5. The molecule has 2 heterocycles. The van der Waals surface area contributed by atoms with Crippen LogP contribution in [0.5, 0.6) is 0 Å². The highest BCUT2D eigenvalue weighted by atomic mass is 32.1. The van der Waals surface area contributed by atoms with Crippen LogP contribution in [0, 0.1) is 0 Å². The Balaban J connectivity index is 1.75. The Morgan fingerprint density at radius 2 is 2.44 bits per heavy atom. The summed E-state index contributed by atoms with van der Waals surface area (Å²) in [5.41, 5.74) is 0. The molecule has 3 atom stereocenters. The second-order valence-electron chi connectivity index (χ2n) is 4.83. The van der Waals surface area contributed by atoms with Gasteiger partial charge in [-0.25, -0.2) is 0 Å². The van der Waals surface area contributed by atoms with Crippen molar-refractivity contribution in [2.24, 2.45) is 0 Å². The molecule has 1 aliphatic heterocycles. The molecule has 2 rings (SSSR count). The third-order valence-electron chi connectivity index (χ3n) is 3.30. The molecule has 3 heteroatoms. The third kappa shape index (κ3) is 3.30. The maximum atomic E-state index is 3.68. The Labute approximate surface area is 102 Å². The van der Waals surface area contributed by atoms with Crippen LogP contribution in [0.25, 0.3) is 0 Å². The van der Waals surface area contributed by atoms with Crippen LogP contribution in [-0.2, 0) is 0 Å². The first-order valence-corrected chi connectivity index (χ1v) is 7.16. The van der Waals surface area contributed by atoms with Crippen LogP contribution in [0.3, 0.4) is 0 Å². The number of nitrogens with one attached hydrogen (secondary N) is 2. The van der Waals surface area contributed by atoms with Gasteiger partial charge in [0.15, 0.2) is 0 Å². The predicted octanol–water partition coefficient (Wildman–Crippen LogP) is 2.93. The molecule has 2 nitrogen and oxygen atoms in total. The quantitative estimate of drug-likeness (QED) is 0.824. The van der Waals surface area contributed by atoms with E-state index in [0.717, 1.165) is 6.04 Å². The monoisotopic (exact) mass is 238 g/mol. The van der Waals surface area contributed by atoms with Crippen molar-refractivity contribution in [1.82, 2.24) is 10.6 Å². The zero-order valence-electron chi connectivity index (χ0n) is 10.2. The second-order valence-corrected chi connectivity index (χ2v) is 5.81. The molecule has 1 saturated heterocycles. The van der Waals surface area contributed by atoms with Crippen LogP contribution in [0.4, 0.5) is 0 Å². The van der Waals surface area contributed by atoms with E-state index in [0.29, 0.717) is 12.1 Å².